The van der Waals surface area contributed by atoms with Crippen molar-refractivity contribution in [2.75, 3.05) is 5.75 Å². The van der Waals surface area contributed by atoms with E-state index < -0.39 is 5.97 Å². The number of carbonyl (C=O) groups is 1. The first-order valence-corrected chi connectivity index (χ1v) is 5.52. The van der Waals surface area contributed by atoms with Gasteiger partial charge < -0.3 is 5.11 Å². The molecule has 0 aliphatic rings. The average molecular weight is 201 g/mol. The van der Waals surface area contributed by atoms with Crippen LogP contribution in [-0.2, 0) is 4.79 Å². The third kappa shape index (κ3) is 3.64. The fraction of sp³-hybridized carbons (Fsp3) is 0.143. The van der Waals surface area contributed by atoms with Crippen LogP contribution >= 0.6 is 21.6 Å². The van der Waals surface area contributed by atoms with Gasteiger partial charge in [0.05, 0.1) is 0 Å². The number of rotatable bonds is 4. The van der Waals surface area contributed by atoms with Gasteiger partial charge >= 0.3 is 5.97 Å². The predicted octanol–water partition coefficient (Wildman–Crippen LogP) is 1.91. The molecule has 0 saturated heterocycles. The molecule has 1 N–H and O–H groups in total. The first kappa shape index (κ1) is 9.41. The molecular weight excluding hydrogens is 194 g/mol. The quantitative estimate of drug-likeness (QED) is 0.754. The molecule has 0 amide bonds. The van der Waals surface area contributed by atoms with Crippen molar-refractivity contribution in [3.8, 4) is 0 Å². The lowest BCUT2D eigenvalue weighted by atomic mass is 10.5. The summed E-state index contributed by atoms with van der Waals surface area (Å²) >= 11 is 0. The van der Waals surface area contributed by atoms with Gasteiger partial charge in [-0.05, 0) is 12.1 Å². The second-order valence-electron chi connectivity index (χ2n) is 1.92. The van der Waals surface area contributed by atoms with Gasteiger partial charge in [-0.25, -0.2) is 0 Å². The zero-order chi connectivity index (χ0) is 8.81. The second kappa shape index (κ2) is 5.05. The molecule has 5 heteroatoms. The molecule has 12 heavy (non-hydrogen) atoms. The Hall–Kier alpha value is -0.680. The van der Waals surface area contributed by atoms with Crippen LogP contribution in [0.15, 0.2) is 29.4 Å². The molecule has 3 nitrogen and oxygen atoms in total. The number of nitrogens with zero attached hydrogens (tertiary/aromatic N) is 1. The minimum Gasteiger partial charge on any atom is -0.481 e. The molecule has 1 aromatic heterocycles. The van der Waals surface area contributed by atoms with Crippen molar-refractivity contribution >= 4 is 27.6 Å². The van der Waals surface area contributed by atoms with Crippen LogP contribution in [0.4, 0.5) is 0 Å². The molecule has 0 fully saturated rings. The first-order valence-electron chi connectivity index (χ1n) is 3.20. The lowest BCUT2D eigenvalue weighted by molar-refractivity contribution is -0.133. The van der Waals surface area contributed by atoms with Gasteiger partial charge in [-0.2, -0.15) is 0 Å². The summed E-state index contributed by atoms with van der Waals surface area (Å²) in [5.74, 6) is -0.672. The van der Waals surface area contributed by atoms with E-state index in [0.29, 0.717) is 0 Å². The fourth-order valence-electron chi connectivity index (χ4n) is 0.542. The van der Waals surface area contributed by atoms with Gasteiger partial charge in [-0.1, -0.05) is 21.6 Å². The van der Waals surface area contributed by atoms with Crippen LogP contribution in [0.1, 0.15) is 0 Å². The van der Waals surface area contributed by atoms with Gasteiger partial charge in [-0.3, -0.25) is 9.78 Å². The van der Waals surface area contributed by atoms with Gasteiger partial charge in [0.2, 0.25) is 0 Å². The molecule has 1 aromatic rings. The maximum absolute atomic E-state index is 10.1. The summed E-state index contributed by atoms with van der Waals surface area (Å²) in [6, 6.07) is 3.69. The van der Waals surface area contributed by atoms with E-state index in [1.165, 1.54) is 21.6 Å². The summed E-state index contributed by atoms with van der Waals surface area (Å²) in [6.45, 7) is 0. The average Bonchev–Trinajstić information content (AvgIpc) is 2.05. The molecule has 1 heterocycles. The van der Waals surface area contributed by atoms with Crippen LogP contribution in [0.5, 0.6) is 0 Å². The van der Waals surface area contributed by atoms with Crippen LogP contribution in [0, 0.1) is 0 Å². The highest BCUT2D eigenvalue weighted by molar-refractivity contribution is 8.76. The van der Waals surface area contributed by atoms with Crippen LogP contribution in [0.3, 0.4) is 0 Å². The van der Waals surface area contributed by atoms with Gasteiger partial charge in [0.1, 0.15) is 5.75 Å². The monoisotopic (exact) mass is 201 g/mol. The third-order valence-corrected chi connectivity index (χ3v) is 3.22. The van der Waals surface area contributed by atoms with Gasteiger partial charge in [0, 0.05) is 17.3 Å². The summed E-state index contributed by atoms with van der Waals surface area (Å²) in [5, 5.41) is 8.34. The van der Waals surface area contributed by atoms with Gasteiger partial charge in [0.15, 0.2) is 0 Å². The molecule has 0 atom stereocenters. The van der Waals surface area contributed by atoms with Crippen molar-refractivity contribution in [1.29, 1.82) is 0 Å². The van der Waals surface area contributed by atoms with E-state index in [0.717, 1.165) is 4.90 Å². The lowest BCUT2D eigenvalue weighted by Gasteiger charge is -1.96. The minimum absolute atomic E-state index is 0.118. The Bertz CT molecular complexity index is 253. The van der Waals surface area contributed by atoms with Crippen molar-refractivity contribution < 1.29 is 9.90 Å². The molecule has 0 aliphatic heterocycles. The Labute approximate surface area is 78.0 Å². The molecular formula is C7H7NO2S2. The molecule has 0 spiro atoms. The van der Waals surface area contributed by atoms with E-state index >= 15 is 0 Å². The standard InChI is InChI=1S/C7H7NO2S2/c9-7(10)5-11-12-6-1-3-8-4-2-6/h1-4H,5H2,(H,9,10). The van der Waals surface area contributed by atoms with Crippen LogP contribution in [0.2, 0.25) is 0 Å². The van der Waals surface area contributed by atoms with Gasteiger partial charge in [0.25, 0.3) is 0 Å². The smallest absolute Gasteiger partial charge is 0.314 e. The number of hydrogen-bond donors (Lipinski definition) is 1. The van der Waals surface area contributed by atoms with E-state index in [1.807, 2.05) is 12.1 Å². The van der Waals surface area contributed by atoms with Crippen LogP contribution in [0.25, 0.3) is 0 Å². The van der Waals surface area contributed by atoms with Crippen molar-refractivity contribution in [3.05, 3.63) is 24.5 Å². The largest absolute Gasteiger partial charge is 0.481 e. The van der Waals surface area contributed by atoms with E-state index in [9.17, 15) is 4.79 Å². The maximum Gasteiger partial charge on any atom is 0.314 e. The Morgan fingerprint density at radius 3 is 2.75 bits per heavy atom. The molecule has 0 bridgehead atoms. The Morgan fingerprint density at radius 1 is 1.50 bits per heavy atom. The van der Waals surface area contributed by atoms with Gasteiger partial charge in [-0.15, -0.1) is 0 Å². The number of hydrogen-bond acceptors (Lipinski definition) is 4. The lowest BCUT2D eigenvalue weighted by Crippen LogP contribution is -1.95. The van der Waals surface area contributed by atoms with Crippen molar-refractivity contribution in [2.24, 2.45) is 0 Å². The van der Waals surface area contributed by atoms with E-state index in [1.54, 1.807) is 12.4 Å². The van der Waals surface area contributed by atoms with E-state index in [-0.39, 0.29) is 5.75 Å². The van der Waals surface area contributed by atoms with Crippen LogP contribution < -0.4 is 0 Å². The highest BCUT2D eigenvalue weighted by Gasteiger charge is 1.98. The molecule has 1 rings (SSSR count). The van der Waals surface area contributed by atoms with E-state index in [4.69, 9.17) is 5.11 Å². The summed E-state index contributed by atoms with van der Waals surface area (Å²) < 4.78 is 0. The summed E-state index contributed by atoms with van der Waals surface area (Å²) in [4.78, 5) is 15.0. The zero-order valence-corrected chi connectivity index (χ0v) is 7.77. The number of aliphatic carboxylic acids is 1. The number of aromatic nitrogens is 1. The minimum atomic E-state index is -0.790. The number of carboxylic acid groups (broad SMARTS) is 1. The Balaban J connectivity index is 2.29. The van der Waals surface area contributed by atoms with Crippen molar-refractivity contribution in [2.45, 2.75) is 4.90 Å². The van der Waals surface area contributed by atoms with Crippen molar-refractivity contribution in [3.63, 3.8) is 0 Å². The zero-order valence-electron chi connectivity index (χ0n) is 6.14. The third-order valence-electron chi connectivity index (χ3n) is 0.987. The molecule has 0 saturated carbocycles. The van der Waals surface area contributed by atoms with E-state index in [2.05, 4.69) is 4.98 Å². The molecule has 0 radical (unpaired) electrons. The Morgan fingerprint density at radius 2 is 2.17 bits per heavy atom. The molecule has 0 aliphatic carbocycles. The normalized spacial score (nSPS) is 9.67. The highest BCUT2D eigenvalue weighted by atomic mass is 33.1. The van der Waals surface area contributed by atoms with Crippen LogP contribution in [-0.4, -0.2) is 21.8 Å². The van der Waals surface area contributed by atoms with Crippen molar-refractivity contribution in [1.82, 2.24) is 4.98 Å². The Kier molecular flexibility index (Phi) is 3.96. The topological polar surface area (TPSA) is 50.2 Å². The predicted molar refractivity (Wildman–Crippen MR) is 50.2 cm³/mol. The first-order chi connectivity index (χ1) is 5.79. The summed E-state index contributed by atoms with van der Waals surface area (Å²) in [7, 11) is 2.75. The number of carboxylic acids is 1. The maximum atomic E-state index is 10.1. The molecule has 64 valence electrons. The summed E-state index contributed by atoms with van der Waals surface area (Å²) in [5.41, 5.74) is 0. The summed E-state index contributed by atoms with van der Waals surface area (Å²) in [6.07, 6.45) is 3.37. The fourth-order valence-corrected chi connectivity index (χ4v) is 2.29. The SMILES string of the molecule is O=C(O)CSSc1ccncc1. The molecule has 0 unspecified atom stereocenters. The highest BCUT2D eigenvalue weighted by Crippen LogP contribution is 2.29. The second-order valence-corrected chi connectivity index (χ2v) is 4.29. The number of pyridine rings is 1. The molecule has 0 aromatic carbocycles.